The fraction of sp³-hybridized carbons (Fsp3) is 0.333. The highest BCUT2D eigenvalue weighted by molar-refractivity contribution is 5.96. The van der Waals surface area contributed by atoms with E-state index in [1.54, 1.807) is 6.07 Å². The van der Waals surface area contributed by atoms with Crippen LogP contribution in [-0.4, -0.2) is 18.4 Å². The van der Waals surface area contributed by atoms with Gasteiger partial charge >= 0.3 is 0 Å². The number of carbonyl (C=O) groups excluding carboxylic acids is 2. The number of rotatable bonds is 4. The Balaban J connectivity index is 2.75. The molecule has 0 atom stereocenters. The summed E-state index contributed by atoms with van der Waals surface area (Å²) in [5.41, 5.74) is 13.6. The number of primary amides is 1. The van der Waals surface area contributed by atoms with Crippen LogP contribution in [0.4, 0.5) is 5.69 Å². The van der Waals surface area contributed by atoms with Gasteiger partial charge in [-0.2, -0.15) is 0 Å². The number of nitrogen functional groups attached to an aromatic ring is 1. The summed E-state index contributed by atoms with van der Waals surface area (Å²) in [4.78, 5) is 22.3. The Bertz CT molecular complexity index is 455. The van der Waals surface area contributed by atoms with Crippen molar-refractivity contribution in [2.45, 2.75) is 20.3 Å². The van der Waals surface area contributed by atoms with E-state index in [1.165, 1.54) is 0 Å². The van der Waals surface area contributed by atoms with Crippen LogP contribution < -0.4 is 16.8 Å². The minimum absolute atomic E-state index is 0.131. The number of nitrogens with one attached hydrogen (secondary N) is 1. The largest absolute Gasteiger partial charge is 0.398 e. The molecule has 0 heterocycles. The van der Waals surface area contributed by atoms with E-state index in [2.05, 4.69) is 5.32 Å². The van der Waals surface area contributed by atoms with Crippen LogP contribution >= 0.6 is 0 Å². The number of aryl methyl sites for hydroxylation is 2. The van der Waals surface area contributed by atoms with Gasteiger partial charge in [0.25, 0.3) is 5.91 Å². The Kier molecular flexibility index (Phi) is 4.09. The second-order valence-corrected chi connectivity index (χ2v) is 4.00. The van der Waals surface area contributed by atoms with Crippen LogP contribution in [0.5, 0.6) is 0 Å². The molecule has 0 saturated heterocycles. The van der Waals surface area contributed by atoms with E-state index in [0.29, 0.717) is 11.3 Å². The molecule has 0 aromatic heterocycles. The second kappa shape index (κ2) is 5.34. The van der Waals surface area contributed by atoms with E-state index >= 15 is 0 Å². The molecular formula is C12H17N3O2. The first-order chi connectivity index (χ1) is 7.91. The highest BCUT2D eigenvalue weighted by Crippen LogP contribution is 2.17. The van der Waals surface area contributed by atoms with Gasteiger partial charge in [0.2, 0.25) is 5.91 Å². The lowest BCUT2D eigenvalue weighted by atomic mass is 10.0. The van der Waals surface area contributed by atoms with E-state index in [0.717, 1.165) is 11.1 Å². The third-order valence-corrected chi connectivity index (χ3v) is 2.51. The fourth-order valence-corrected chi connectivity index (χ4v) is 1.51. The maximum atomic E-state index is 11.8. The zero-order chi connectivity index (χ0) is 13.0. The highest BCUT2D eigenvalue weighted by Gasteiger charge is 2.10. The zero-order valence-corrected chi connectivity index (χ0v) is 10.0. The standard InChI is InChI=1S/C12H17N3O2/c1-7-5-8(2)10(13)6-9(7)12(17)15-4-3-11(14)16/h5-6H,3-4,13H2,1-2H3,(H2,14,16)(H,15,17). The molecule has 17 heavy (non-hydrogen) atoms. The third kappa shape index (κ3) is 3.48. The molecule has 2 amide bonds. The average molecular weight is 235 g/mol. The molecule has 0 fully saturated rings. The second-order valence-electron chi connectivity index (χ2n) is 4.00. The van der Waals surface area contributed by atoms with Crippen molar-refractivity contribution < 1.29 is 9.59 Å². The Hall–Kier alpha value is -2.04. The van der Waals surface area contributed by atoms with Gasteiger partial charge in [-0.25, -0.2) is 0 Å². The first-order valence-corrected chi connectivity index (χ1v) is 5.35. The molecule has 5 heteroatoms. The monoisotopic (exact) mass is 235 g/mol. The molecule has 0 spiro atoms. The molecule has 1 aromatic carbocycles. The summed E-state index contributed by atoms with van der Waals surface area (Å²) in [5, 5.41) is 2.62. The Morgan fingerprint density at radius 1 is 1.24 bits per heavy atom. The van der Waals surface area contributed by atoms with Crippen LogP contribution in [0.25, 0.3) is 0 Å². The quantitative estimate of drug-likeness (QED) is 0.662. The van der Waals surface area contributed by atoms with Crippen molar-refractivity contribution in [3.8, 4) is 0 Å². The van der Waals surface area contributed by atoms with Crippen LogP contribution in [-0.2, 0) is 4.79 Å². The van der Waals surface area contributed by atoms with Gasteiger partial charge in [-0.05, 0) is 31.0 Å². The molecule has 0 saturated carbocycles. The van der Waals surface area contributed by atoms with Crippen molar-refractivity contribution >= 4 is 17.5 Å². The molecule has 0 radical (unpaired) electrons. The average Bonchev–Trinajstić information content (AvgIpc) is 2.22. The summed E-state index contributed by atoms with van der Waals surface area (Å²) in [5.74, 6) is -0.680. The normalized spacial score (nSPS) is 10.0. The van der Waals surface area contributed by atoms with Gasteiger partial charge in [-0.3, -0.25) is 9.59 Å². The van der Waals surface area contributed by atoms with Gasteiger partial charge in [0, 0.05) is 24.2 Å². The number of benzene rings is 1. The van der Waals surface area contributed by atoms with Gasteiger partial charge < -0.3 is 16.8 Å². The van der Waals surface area contributed by atoms with E-state index in [4.69, 9.17) is 11.5 Å². The van der Waals surface area contributed by atoms with Crippen molar-refractivity contribution in [3.05, 3.63) is 28.8 Å². The smallest absolute Gasteiger partial charge is 0.251 e. The predicted molar refractivity (Wildman–Crippen MR) is 66.5 cm³/mol. The van der Waals surface area contributed by atoms with Gasteiger partial charge in [-0.1, -0.05) is 6.07 Å². The molecule has 0 aliphatic carbocycles. The van der Waals surface area contributed by atoms with Crippen molar-refractivity contribution in [1.29, 1.82) is 0 Å². The van der Waals surface area contributed by atoms with Crippen molar-refractivity contribution in [2.24, 2.45) is 5.73 Å². The molecule has 0 aliphatic heterocycles. The van der Waals surface area contributed by atoms with Crippen molar-refractivity contribution in [2.75, 3.05) is 12.3 Å². The molecule has 5 N–H and O–H groups in total. The van der Waals surface area contributed by atoms with Gasteiger partial charge in [0.15, 0.2) is 0 Å². The van der Waals surface area contributed by atoms with Crippen molar-refractivity contribution in [1.82, 2.24) is 5.32 Å². The summed E-state index contributed by atoms with van der Waals surface area (Å²) in [6.45, 7) is 3.97. The summed E-state index contributed by atoms with van der Waals surface area (Å²) >= 11 is 0. The summed E-state index contributed by atoms with van der Waals surface area (Å²) in [6.07, 6.45) is 0.131. The predicted octanol–water partition coefficient (Wildman–Crippen LogP) is 0.491. The van der Waals surface area contributed by atoms with Gasteiger partial charge in [0.05, 0.1) is 0 Å². The van der Waals surface area contributed by atoms with Gasteiger partial charge in [-0.15, -0.1) is 0 Å². The first kappa shape index (κ1) is 13.0. The lowest BCUT2D eigenvalue weighted by Gasteiger charge is -2.09. The number of nitrogens with two attached hydrogens (primary N) is 2. The Morgan fingerprint density at radius 2 is 1.88 bits per heavy atom. The van der Waals surface area contributed by atoms with E-state index in [-0.39, 0.29) is 18.9 Å². The maximum Gasteiger partial charge on any atom is 0.251 e. The molecule has 0 bridgehead atoms. The van der Waals surface area contributed by atoms with Crippen LogP contribution in [0.15, 0.2) is 12.1 Å². The zero-order valence-electron chi connectivity index (χ0n) is 10.0. The molecule has 1 rings (SSSR count). The summed E-state index contributed by atoms with van der Waals surface area (Å²) in [7, 11) is 0. The summed E-state index contributed by atoms with van der Waals surface area (Å²) < 4.78 is 0. The highest BCUT2D eigenvalue weighted by atomic mass is 16.2. The number of hydrogen-bond acceptors (Lipinski definition) is 3. The lowest BCUT2D eigenvalue weighted by Crippen LogP contribution is -2.28. The molecular weight excluding hydrogens is 218 g/mol. The molecule has 0 aliphatic rings. The van der Waals surface area contributed by atoms with E-state index in [1.807, 2.05) is 19.9 Å². The SMILES string of the molecule is Cc1cc(C)c(C(=O)NCCC(N)=O)cc1N. The lowest BCUT2D eigenvalue weighted by molar-refractivity contribution is -0.117. The molecule has 92 valence electrons. The minimum Gasteiger partial charge on any atom is -0.398 e. The van der Waals surface area contributed by atoms with Gasteiger partial charge in [0.1, 0.15) is 0 Å². The molecule has 5 nitrogen and oxygen atoms in total. The van der Waals surface area contributed by atoms with Crippen molar-refractivity contribution in [3.63, 3.8) is 0 Å². The summed E-state index contributed by atoms with van der Waals surface area (Å²) in [6, 6.07) is 3.50. The van der Waals surface area contributed by atoms with Crippen LogP contribution in [0, 0.1) is 13.8 Å². The Labute approximate surface area is 100 Å². The third-order valence-electron chi connectivity index (χ3n) is 2.51. The first-order valence-electron chi connectivity index (χ1n) is 5.35. The van der Waals surface area contributed by atoms with Crippen LogP contribution in [0.3, 0.4) is 0 Å². The van der Waals surface area contributed by atoms with Crippen LogP contribution in [0.1, 0.15) is 27.9 Å². The number of carbonyl (C=O) groups is 2. The molecule has 0 unspecified atom stereocenters. The van der Waals surface area contributed by atoms with E-state index < -0.39 is 5.91 Å². The number of hydrogen-bond donors (Lipinski definition) is 3. The maximum absolute atomic E-state index is 11.8. The minimum atomic E-state index is -0.439. The fourth-order valence-electron chi connectivity index (χ4n) is 1.51. The molecule has 1 aromatic rings. The number of amides is 2. The van der Waals surface area contributed by atoms with Crippen LogP contribution in [0.2, 0.25) is 0 Å². The number of anilines is 1. The topological polar surface area (TPSA) is 98.2 Å². The van der Waals surface area contributed by atoms with E-state index in [9.17, 15) is 9.59 Å². The Morgan fingerprint density at radius 3 is 2.47 bits per heavy atom.